The Balaban J connectivity index is 1.50. The van der Waals surface area contributed by atoms with Crippen LogP contribution in [0, 0.1) is 6.92 Å². The fourth-order valence-corrected chi connectivity index (χ4v) is 4.14. The molecule has 0 saturated heterocycles. The van der Waals surface area contributed by atoms with Gasteiger partial charge >= 0.3 is 0 Å². The third kappa shape index (κ3) is 3.90. The van der Waals surface area contributed by atoms with Crippen LogP contribution in [0.4, 0.5) is 5.82 Å². The molecule has 0 saturated carbocycles. The van der Waals surface area contributed by atoms with Crippen LogP contribution in [0.2, 0.25) is 5.02 Å². The fourth-order valence-electron chi connectivity index (χ4n) is 4.02. The van der Waals surface area contributed by atoms with Crippen molar-refractivity contribution in [1.29, 1.82) is 0 Å². The van der Waals surface area contributed by atoms with Gasteiger partial charge in [0.25, 0.3) is 5.78 Å². The highest BCUT2D eigenvalue weighted by molar-refractivity contribution is 6.30. The molecule has 0 amide bonds. The molecule has 0 fully saturated rings. The van der Waals surface area contributed by atoms with Crippen LogP contribution in [0.15, 0.2) is 48.5 Å². The molecule has 152 valence electrons. The van der Waals surface area contributed by atoms with Crippen molar-refractivity contribution in [3.8, 4) is 0 Å². The summed E-state index contributed by atoms with van der Waals surface area (Å²) in [6.07, 6.45) is 5.05. The van der Waals surface area contributed by atoms with Gasteiger partial charge in [-0.15, -0.1) is 5.10 Å². The molecule has 0 atom stereocenters. The Bertz CT molecular complexity index is 1180. The van der Waals surface area contributed by atoms with Gasteiger partial charge in [-0.05, 0) is 55.9 Å². The standard InChI is InChI=1S/C24H24ClN5/c1-16-6-8-18(9-7-16)15-26-23-20-4-2-3-5-21(20)27-24-28-22(29-30(23)24)14-17-10-12-19(25)13-11-17/h6-13,26H,2-5,14-15H2,1H3. The molecule has 30 heavy (non-hydrogen) atoms. The van der Waals surface area contributed by atoms with E-state index in [1.54, 1.807) is 0 Å². The second-order valence-electron chi connectivity index (χ2n) is 7.97. The number of nitrogens with one attached hydrogen (secondary N) is 1. The van der Waals surface area contributed by atoms with Crippen molar-refractivity contribution in [2.45, 2.75) is 45.6 Å². The second-order valence-corrected chi connectivity index (χ2v) is 8.41. The molecule has 2 aromatic carbocycles. The number of aromatic nitrogens is 4. The molecule has 0 unspecified atom stereocenters. The van der Waals surface area contributed by atoms with Crippen LogP contribution in [0.25, 0.3) is 5.78 Å². The summed E-state index contributed by atoms with van der Waals surface area (Å²) in [4.78, 5) is 9.58. The number of rotatable bonds is 5. The molecule has 0 radical (unpaired) electrons. The van der Waals surface area contributed by atoms with E-state index in [-0.39, 0.29) is 0 Å². The summed E-state index contributed by atoms with van der Waals surface area (Å²) in [5.74, 6) is 2.47. The average Bonchev–Trinajstić information content (AvgIpc) is 3.16. The minimum absolute atomic E-state index is 0.655. The first-order chi connectivity index (χ1) is 14.7. The predicted molar refractivity (Wildman–Crippen MR) is 120 cm³/mol. The van der Waals surface area contributed by atoms with E-state index in [9.17, 15) is 0 Å². The number of aryl methyl sites for hydroxylation is 2. The highest BCUT2D eigenvalue weighted by Gasteiger charge is 2.20. The largest absolute Gasteiger partial charge is 0.366 e. The van der Waals surface area contributed by atoms with Crippen molar-refractivity contribution in [3.05, 3.63) is 87.3 Å². The monoisotopic (exact) mass is 417 g/mol. The molecule has 0 spiro atoms. The van der Waals surface area contributed by atoms with Gasteiger partial charge in [-0.2, -0.15) is 9.50 Å². The number of fused-ring (bicyclic) bond motifs is 2. The highest BCUT2D eigenvalue weighted by Crippen LogP contribution is 2.28. The van der Waals surface area contributed by atoms with E-state index in [1.165, 1.54) is 29.5 Å². The molecule has 2 aromatic heterocycles. The van der Waals surface area contributed by atoms with Gasteiger partial charge in [0.2, 0.25) is 0 Å². The lowest BCUT2D eigenvalue weighted by molar-refractivity contribution is 0.660. The van der Waals surface area contributed by atoms with Gasteiger partial charge in [-0.3, -0.25) is 0 Å². The molecule has 5 rings (SSSR count). The third-order valence-corrected chi connectivity index (χ3v) is 5.91. The van der Waals surface area contributed by atoms with Crippen molar-refractivity contribution in [2.75, 3.05) is 5.32 Å². The summed E-state index contributed by atoms with van der Waals surface area (Å²) >= 11 is 6.01. The first kappa shape index (κ1) is 19.1. The topological polar surface area (TPSA) is 55.1 Å². The lowest BCUT2D eigenvalue weighted by Gasteiger charge is -2.20. The Morgan fingerprint density at radius 3 is 2.47 bits per heavy atom. The molecule has 1 N–H and O–H groups in total. The fraction of sp³-hybridized carbons (Fsp3) is 0.292. The molecule has 2 heterocycles. The van der Waals surface area contributed by atoms with Crippen LogP contribution in [0.1, 0.15) is 46.6 Å². The van der Waals surface area contributed by atoms with Gasteiger partial charge < -0.3 is 5.32 Å². The van der Waals surface area contributed by atoms with Crippen LogP contribution >= 0.6 is 11.6 Å². The van der Waals surface area contributed by atoms with E-state index in [0.29, 0.717) is 12.2 Å². The molecule has 5 nitrogen and oxygen atoms in total. The zero-order valence-electron chi connectivity index (χ0n) is 17.0. The minimum atomic E-state index is 0.655. The first-order valence-corrected chi connectivity index (χ1v) is 10.8. The maximum atomic E-state index is 6.01. The molecule has 1 aliphatic carbocycles. The van der Waals surface area contributed by atoms with E-state index < -0.39 is 0 Å². The van der Waals surface area contributed by atoms with Crippen molar-refractivity contribution in [1.82, 2.24) is 19.6 Å². The van der Waals surface area contributed by atoms with Crippen LogP contribution < -0.4 is 5.32 Å². The van der Waals surface area contributed by atoms with Crippen molar-refractivity contribution in [2.24, 2.45) is 0 Å². The maximum absolute atomic E-state index is 6.01. The Morgan fingerprint density at radius 2 is 1.67 bits per heavy atom. The first-order valence-electron chi connectivity index (χ1n) is 10.5. The van der Waals surface area contributed by atoms with Gasteiger partial charge in [0.05, 0.1) is 5.69 Å². The minimum Gasteiger partial charge on any atom is -0.366 e. The van der Waals surface area contributed by atoms with Crippen molar-refractivity contribution >= 4 is 23.2 Å². The zero-order chi connectivity index (χ0) is 20.5. The average molecular weight is 418 g/mol. The number of anilines is 1. The van der Waals surface area contributed by atoms with E-state index >= 15 is 0 Å². The Kier molecular flexibility index (Phi) is 5.13. The number of hydrogen-bond donors (Lipinski definition) is 1. The molecular formula is C24H24ClN5. The summed E-state index contributed by atoms with van der Waals surface area (Å²) in [5.41, 5.74) is 6.09. The van der Waals surface area contributed by atoms with Crippen LogP contribution in [-0.4, -0.2) is 19.6 Å². The van der Waals surface area contributed by atoms with Gasteiger partial charge in [-0.1, -0.05) is 53.6 Å². The molecule has 6 heteroatoms. The smallest absolute Gasteiger partial charge is 0.254 e. The molecular weight excluding hydrogens is 394 g/mol. The zero-order valence-corrected chi connectivity index (χ0v) is 17.8. The van der Waals surface area contributed by atoms with E-state index in [2.05, 4.69) is 36.5 Å². The van der Waals surface area contributed by atoms with Crippen LogP contribution in [0.3, 0.4) is 0 Å². The number of halogens is 1. The summed E-state index contributed by atoms with van der Waals surface area (Å²) < 4.78 is 1.89. The summed E-state index contributed by atoms with van der Waals surface area (Å²) in [6.45, 7) is 2.86. The molecule has 1 aliphatic rings. The Hall–Kier alpha value is -2.92. The highest BCUT2D eigenvalue weighted by atomic mass is 35.5. The lowest BCUT2D eigenvalue weighted by atomic mass is 9.96. The van der Waals surface area contributed by atoms with E-state index in [1.807, 2.05) is 28.8 Å². The quantitative estimate of drug-likeness (QED) is 0.486. The van der Waals surface area contributed by atoms with Crippen molar-refractivity contribution in [3.63, 3.8) is 0 Å². The van der Waals surface area contributed by atoms with E-state index in [4.69, 9.17) is 26.7 Å². The maximum Gasteiger partial charge on any atom is 0.254 e. The SMILES string of the molecule is Cc1ccc(CNc2c3c(nc4nc(Cc5ccc(Cl)cc5)nn24)CCCC3)cc1. The third-order valence-electron chi connectivity index (χ3n) is 5.66. The van der Waals surface area contributed by atoms with Gasteiger partial charge in [0.15, 0.2) is 5.82 Å². The molecule has 0 bridgehead atoms. The van der Waals surface area contributed by atoms with E-state index in [0.717, 1.165) is 47.3 Å². The van der Waals surface area contributed by atoms with Crippen LogP contribution in [-0.2, 0) is 25.8 Å². The summed E-state index contributed by atoms with van der Waals surface area (Å²) in [7, 11) is 0. The van der Waals surface area contributed by atoms with Gasteiger partial charge in [-0.25, -0.2) is 4.98 Å². The predicted octanol–water partition coefficient (Wildman–Crippen LogP) is 5.17. The number of hydrogen-bond acceptors (Lipinski definition) is 4. The number of nitrogens with zero attached hydrogens (tertiary/aromatic N) is 4. The van der Waals surface area contributed by atoms with Gasteiger partial charge in [0.1, 0.15) is 5.82 Å². The molecule has 0 aliphatic heterocycles. The Labute approximate surface area is 181 Å². The summed E-state index contributed by atoms with van der Waals surface area (Å²) in [5, 5.41) is 9.19. The molecule has 4 aromatic rings. The van der Waals surface area contributed by atoms with Crippen LogP contribution in [0.5, 0.6) is 0 Å². The van der Waals surface area contributed by atoms with Gasteiger partial charge in [0, 0.05) is 23.6 Å². The van der Waals surface area contributed by atoms with Crippen molar-refractivity contribution < 1.29 is 0 Å². The lowest BCUT2D eigenvalue weighted by Crippen LogP contribution is -2.15. The summed E-state index contributed by atoms with van der Waals surface area (Å²) in [6, 6.07) is 16.5. The number of benzene rings is 2. The normalized spacial score (nSPS) is 13.4. The Morgan fingerprint density at radius 1 is 0.933 bits per heavy atom. The second kappa shape index (κ2) is 8.07.